The van der Waals surface area contributed by atoms with Crippen LogP contribution in [0, 0.1) is 0 Å². The summed E-state index contributed by atoms with van der Waals surface area (Å²) in [7, 11) is 0. The number of rotatable bonds is 4. The van der Waals surface area contributed by atoms with Gasteiger partial charge in [0.15, 0.2) is 0 Å². The van der Waals surface area contributed by atoms with Gasteiger partial charge in [-0.15, -0.1) is 11.3 Å². The number of amides is 1. The third-order valence-electron chi connectivity index (χ3n) is 4.13. The molecule has 0 atom stereocenters. The van der Waals surface area contributed by atoms with E-state index in [0.29, 0.717) is 15.5 Å². The quantitative estimate of drug-likeness (QED) is 0.304. The standard InChI is InChI=1S/C20H13ClN2O3S.3C2H6/c21-14-6-4-12(5-7-14)18-17(20(25)26)16(11-27-18)22-19(24)13-9-15-3-1-2-8-23(15)10-13;3*1-2/h1-11H,(H,22,24)(H,25,26);3*1-2H3. The minimum atomic E-state index is -1.10. The van der Waals surface area contributed by atoms with Gasteiger partial charge in [-0.2, -0.15) is 0 Å². The van der Waals surface area contributed by atoms with Crippen molar-refractivity contribution in [2.45, 2.75) is 41.5 Å². The molecule has 2 N–H and O–H groups in total. The molecule has 0 aliphatic heterocycles. The molecule has 5 nitrogen and oxygen atoms in total. The summed E-state index contributed by atoms with van der Waals surface area (Å²) >= 11 is 7.17. The number of nitrogens with zero attached hydrogens (tertiary/aromatic N) is 1. The van der Waals surface area contributed by atoms with Gasteiger partial charge in [0.1, 0.15) is 5.56 Å². The summed E-state index contributed by atoms with van der Waals surface area (Å²) in [6, 6.07) is 14.3. The average molecular weight is 487 g/mol. The fourth-order valence-electron chi connectivity index (χ4n) is 2.85. The molecule has 0 aliphatic carbocycles. The number of nitrogens with one attached hydrogen (secondary N) is 1. The Morgan fingerprint density at radius 2 is 1.61 bits per heavy atom. The van der Waals surface area contributed by atoms with Gasteiger partial charge in [-0.25, -0.2) is 4.79 Å². The minimum absolute atomic E-state index is 0.0689. The predicted molar refractivity (Wildman–Crippen MR) is 141 cm³/mol. The molecule has 3 heterocycles. The first-order valence-electron chi connectivity index (χ1n) is 11.0. The van der Waals surface area contributed by atoms with Crippen LogP contribution in [0.25, 0.3) is 16.0 Å². The van der Waals surface area contributed by atoms with Crippen molar-refractivity contribution < 1.29 is 14.7 Å². The van der Waals surface area contributed by atoms with E-state index in [1.807, 2.05) is 70.3 Å². The highest BCUT2D eigenvalue weighted by molar-refractivity contribution is 7.14. The number of benzene rings is 1. The zero-order valence-electron chi connectivity index (χ0n) is 19.8. The Hall–Kier alpha value is -3.09. The number of halogens is 1. The molecular weight excluding hydrogens is 456 g/mol. The number of carbonyl (C=O) groups is 2. The van der Waals surface area contributed by atoms with Crippen molar-refractivity contribution in [1.29, 1.82) is 0 Å². The number of pyridine rings is 1. The number of hydrogen-bond acceptors (Lipinski definition) is 3. The van der Waals surface area contributed by atoms with Crippen molar-refractivity contribution in [2.75, 3.05) is 5.32 Å². The first-order valence-corrected chi connectivity index (χ1v) is 12.3. The topological polar surface area (TPSA) is 70.8 Å². The SMILES string of the molecule is CC.CC.CC.O=C(Nc1csc(-c2ccc(Cl)cc2)c1C(=O)O)c1cc2ccccn2c1. The molecule has 0 bridgehead atoms. The van der Waals surface area contributed by atoms with Crippen molar-refractivity contribution in [2.24, 2.45) is 0 Å². The van der Waals surface area contributed by atoms with E-state index in [2.05, 4.69) is 5.32 Å². The van der Waals surface area contributed by atoms with Gasteiger partial charge in [0.2, 0.25) is 0 Å². The molecule has 1 amide bonds. The van der Waals surface area contributed by atoms with Gasteiger partial charge < -0.3 is 14.8 Å². The van der Waals surface area contributed by atoms with E-state index < -0.39 is 5.97 Å². The van der Waals surface area contributed by atoms with Gasteiger partial charge in [-0.3, -0.25) is 4.79 Å². The largest absolute Gasteiger partial charge is 0.478 e. The second kappa shape index (κ2) is 14.1. The Morgan fingerprint density at radius 1 is 0.970 bits per heavy atom. The molecule has 33 heavy (non-hydrogen) atoms. The second-order valence-corrected chi connectivity index (χ2v) is 7.20. The number of aromatic nitrogens is 1. The van der Waals surface area contributed by atoms with Gasteiger partial charge in [0.25, 0.3) is 5.91 Å². The molecule has 0 aliphatic rings. The summed E-state index contributed by atoms with van der Waals surface area (Å²) in [5, 5.41) is 14.6. The Morgan fingerprint density at radius 3 is 2.18 bits per heavy atom. The number of carboxylic acid groups (broad SMARTS) is 1. The number of anilines is 1. The zero-order valence-corrected chi connectivity index (χ0v) is 21.4. The Bertz CT molecular complexity index is 1130. The Labute approximate surface area is 204 Å². The van der Waals surface area contributed by atoms with Crippen molar-refractivity contribution in [3.8, 4) is 10.4 Å². The van der Waals surface area contributed by atoms with Crippen LogP contribution in [-0.4, -0.2) is 21.4 Å². The first kappa shape index (κ1) is 27.9. The van der Waals surface area contributed by atoms with Crippen LogP contribution in [0.5, 0.6) is 0 Å². The molecule has 4 aromatic rings. The fourth-order valence-corrected chi connectivity index (χ4v) is 3.98. The molecule has 0 spiro atoms. The van der Waals surface area contributed by atoms with Crippen molar-refractivity contribution in [3.63, 3.8) is 0 Å². The van der Waals surface area contributed by atoms with Crippen LogP contribution in [-0.2, 0) is 0 Å². The number of hydrogen-bond donors (Lipinski definition) is 2. The molecule has 176 valence electrons. The van der Waals surface area contributed by atoms with E-state index in [1.54, 1.807) is 41.9 Å². The Kier molecular flexibility index (Phi) is 12.0. The van der Waals surface area contributed by atoms with Crippen LogP contribution in [0.1, 0.15) is 62.3 Å². The molecule has 0 saturated carbocycles. The van der Waals surface area contributed by atoms with Crippen molar-refractivity contribution in [1.82, 2.24) is 4.40 Å². The van der Waals surface area contributed by atoms with Gasteiger partial charge in [-0.05, 0) is 35.9 Å². The number of thiophene rings is 1. The molecule has 0 radical (unpaired) electrons. The highest BCUT2D eigenvalue weighted by Crippen LogP contribution is 2.36. The summed E-state index contributed by atoms with van der Waals surface area (Å²) in [5.41, 5.74) is 2.42. The maximum Gasteiger partial charge on any atom is 0.339 e. The average Bonchev–Trinajstić information content (AvgIpc) is 3.48. The fraction of sp³-hybridized carbons (Fsp3) is 0.231. The molecule has 0 saturated heterocycles. The lowest BCUT2D eigenvalue weighted by Crippen LogP contribution is -2.13. The van der Waals surface area contributed by atoms with Crippen molar-refractivity contribution in [3.05, 3.63) is 82.5 Å². The van der Waals surface area contributed by atoms with E-state index in [-0.39, 0.29) is 17.2 Å². The lowest BCUT2D eigenvalue weighted by Gasteiger charge is -2.05. The van der Waals surface area contributed by atoms with Crippen LogP contribution in [0.2, 0.25) is 5.02 Å². The summed E-state index contributed by atoms with van der Waals surface area (Å²) < 4.78 is 1.83. The van der Waals surface area contributed by atoms with Crippen LogP contribution in [0.3, 0.4) is 0 Å². The molecule has 4 rings (SSSR count). The third kappa shape index (κ3) is 6.94. The van der Waals surface area contributed by atoms with E-state index in [9.17, 15) is 14.7 Å². The van der Waals surface area contributed by atoms with Gasteiger partial charge in [0.05, 0.1) is 16.1 Å². The third-order valence-corrected chi connectivity index (χ3v) is 5.41. The summed E-state index contributed by atoms with van der Waals surface area (Å²) in [5.74, 6) is -1.46. The monoisotopic (exact) mass is 486 g/mol. The van der Waals surface area contributed by atoms with Crippen LogP contribution < -0.4 is 5.32 Å². The number of fused-ring (bicyclic) bond motifs is 1. The molecule has 3 aromatic heterocycles. The van der Waals surface area contributed by atoms with Crippen LogP contribution in [0.4, 0.5) is 5.69 Å². The van der Waals surface area contributed by atoms with Gasteiger partial charge >= 0.3 is 5.97 Å². The smallest absolute Gasteiger partial charge is 0.339 e. The van der Waals surface area contributed by atoms with Crippen molar-refractivity contribution >= 4 is 46.0 Å². The summed E-state index contributed by atoms with van der Waals surface area (Å²) in [6.45, 7) is 12.0. The van der Waals surface area contributed by atoms with Crippen LogP contribution in [0.15, 0.2) is 66.3 Å². The van der Waals surface area contributed by atoms with Gasteiger partial charge in [-0.1, -0.05) is 71.3 Å². The maximum atomic E-state index is 12.6. The van der Waals surface area contributed by atoms with E-state index in [1.165, 1.54) is 11.3 Å². The molecule has 0 unspecified atom stereocenters. The lowest BCUT2D eigenvalue weighted by molar-refractivity contribution is 0.0699. The van der Waals surface area contributed by atoms with E-state index >= 15 is 0 Å². The second-order valence-electron chi connectivity index (χ2n) is 5.88. The summed E-state index contributed by atoms with van der Waals surface area (Å²) in [4.78, 5) is 25.0. The molecular formula is C26H31ClN2O3S. The first-order chi connectivity index (χ1) is 16.0. The minimum Gasteiger partial charge on any atom is -0.478 e. The molecule has 7 heteroatoms. The predicted octanol–water partition coefficient (Wildman–Crippen LogP) is 8.35. The van der Waals surface area contributed by atoms with E-state index in [0.717, 1.165) is 11.1 Å². The number of carboxylic acids is 1. The van der Waals surface area contributed by atoms with Crippen LogP contribution >= 0.6 is 22.9 Å². The lowest BCUT2D eigenvalue weighted by atomic mass is 10.1. The normalized spacial score (nSPS) is 9.42. The number of carbonyl (C=O) groups excluding carboxylic acids is 1. The summed E-state index contributed by atoms with van der Waals surface area (Å²) in [6.07, 6.45) is 3.55. The number of aromatic carboxylic acids is 1. The highest BCUT2D eigenvalue weighted by Gasteiger charge is 2.22. The highest BCUT2D eigenvalue weighted by atomic mass is 35.5. The molecule has 1 aromatic carbocycles. The zero-order chi connectivity index (χ0) is 25.0. The molecule has 0 fully saturated rings. The maximum absolute atomic E-state index is 12.6. The van der Waals surface area contributed by atoms with E-state index in [4.69, 9.17) is 11.6 Å². The van der Waals surface area contributed by atoms with Gasteiger partial charge in [0, 0.05) is 28.3 Å². The Balaban J connectivity index is 0.000000841.